The van der Waals surface area contributed by atoms with Crippen molar-refractivity contribution in [3.63, 3.8) is 0 Å². The number of hydrogen-bond donors (Lipinski definition) is 0. The molecule has 2 aromatic rings. The smallest absolute Gasteiger partial charge is 0.464 e. The van der Waals surface area contributed by atoms with Gasteiger partial charge < -0.3 is 13.7 Å². The van der Waals surface area contributed by atoms with Crippen molar-refractivity contribution in [2.75, 3.05) is 0 Å². The Morgan fingerprint density at radius 1 is 1.00 bits per heavy atom. The topological polar surface area (TPSA) is 31.6 Å². The Morgan fingerprint density at radius 2 is 1.68 bits per heavy atom. The summed E-state index contributed by atoms with van der Waals surface area (Å²) in [6.07, 6.45) is 0. The maximum atomic E-state index is 5.97. The molecule has 0 spiro atoms. The second-order valence-electron chi connectivity index (χ2n) is 5.77. The third-order valence-corrected chi connectivity index (χ3v) is 4.76. The molecule has 0 bridgehead atoms. The number of furan rings is 1. The molecule has 0 atom stereocenters. The fraction of sp³-hybridized carbons (Fsp3) is 0.429. The average molecular weight is 276 g/mol. The predicted molar refractivity (Wildman–Crippen MR) is 77.7 cm³/mol. The van der Waals surface area contributed by atoms with Gasteiger partial charge in [-0.1, -0.05) is 6.07 Å². The van der Waals surface area contributed by atoms with Crippen LogP contribution in [0.1, 0.15) is 27.7 Å². The number of thiophene rings is 1. The van der Waals surface area contributed by atoms with E-state index in [4.69, 9.17) is 13.7 Å². The van der Waals surface area contributed by atoms with Crippen molar-refractivity contribution in [2.45, 2.75) is 38.9 Å². The van der Waals surface area contributed by atoms with Gasteiger partial charge >= 0.3 is 7.12 Å². The fourth-order valence-electron chi connectivity index (χ4n) is 1.99. The van der Waals surface area contributed by atoms with Gasteiger partial charge in [-0.05, 0) is 51.3 Å². The maximum absolute atomic E-state index is 5.97. The van der Waals surface area contributed by atoms with Crippen LogP contribution in [0.2, 0.25) is 0 Å². The van der Waals surface area contributed by atoms with Crippen LogP contribution in [-0.2, 0) is 9.31 Å². The molecule has 0 aliphatic carbocycles. The van der Waals surface area contributed by atoms with Crippen LogP contribution < -0.4 is 5.66 Å². The summed E-state index contributed by atoms with van der Waals surface area (Å²) in [5.74, 6) is 0.861. The molecule has 5 heteroatoms. The first-order valence-electron chi connectivity index (χ1n) is 6.38. The summed E-state index contributed by atoms with van der Waals surface area (Å²) in [5.41, 5.74) is 0.0447. The van der Waals surface area contributed by atoms with Crippen molar-refractivity contribution in [3.05, 3.63) is 29.6 Å². The van der Waals surface area contributed by atoms with Gasteiger partial charge in [0.2, 0.25) is 0 Å². The summed E-state index contributed by atoms with van der Waals surface area (Å²) >= 11 is 1.66. The summed E-state index contributed by atoms with van der Waals surface area (Å²) in [6.45, 7) is 8.15. The standard InChI is InChI=1S/C14H17BO3S/c1-13(2)14(3,4)18-15(17-13)12-8-7-10(16-12)11-6-5-9-19-11/h5-9H,1-4H3. The first-order chi connectivity index (χ1) is 8.89. The van der Waals surface area contributed by atoms with Gasteiger partial charge in [0.1, 0.15) is 11.4 Å². The Morgan fingerprint density at radius 3 is 2.26 bits per heavy atom. The summed E-state index contributed by atoms with van der Waals surface area (Å²) in [6, 6.07) is 7.94. The molecule has 0 aromatic carbocycles. The van der Waals surface area contributed by atoms with Crippen molar-refractivity contribution in [1.29, 1.82) is 0 Å². The highest BCUT2D eigenvalue weighted by atomic mass is 32.1. The molecule has 1 aliphatic heterocycles. The molecular formula is C14H17BO3S. The summed E-state index contributed by atoms with van der Waals surface area (Å²) < 4.78 is 17.8. The fourth-order valence-corrected chi connectivity index (χ4v) is 2.68. The second-order valence-corrected chi connectivity index (χ2v) is 6.72. The van der Waals surface area contributed by atoms with E-state index >= 15 is 0 Å². The van der Waals surface area contributed by atoms with Crippen molar-refractivity contribution in [2.24, 2.45) is 0 Å². The van der Waals surface area contributed by atoms with Crippen molar-refractivity contribution in [3.8, 4) is 10.6 Å². The number of rotatable bonds is 2. The van der Waals surface area contributed by atoms with Crippen LogP contribution in [0.25, 0.3) is 10.6 Å². The van der Waals surface area contributed by atoms with E-state index in [0.29, 0.717) is 0 Å². The lowest BCUT2D eigenvalue weighted by atomic mass is 9.86. The third kappa shape index (κ3) is 2.16. The molecule has 0 saturated carbocycles. The highest BCUT2D eigenvalue weighted by Crippen LogP contribution is 2.37. The molecule has 3 rings (SSSR count). The normalized spacial score (nSPS) is 20.9. The van der Waals surface area contributed by atoms with Gasteiger partial charge in [0.05, 0.1) is 16.1 Å². The Hall–Kier alpha value is -1.04. The average Bonchev–Trinajstić information content (AvgIpc) is 3.00. The van der Waals surface area contributed by atoms with E-state index in [0.717, 1.165) is 16.3 Å². The predicted octanol–water partition coefficient (Wildman–Crippen LogP) is 3.31. The largest absolute Gasteiger partial charge is 0.532 e. The molecule has 1 fully saturated rings. The minimum atomic E-state index is -0.432. The van der Waals surface area contributed by atoms with Crippen LogP contribution in [0.15, 0.2) is 34.1 Å². The zero-order chi connectivity index (χ0) is 13.7. The van der Waals surface area contributed by atoms with E-state index in [2.05, 4.69) is 0 Å². The minimum Gasteiger partial charge on any atom is -0.464 e. The third-order valence-electron chi connectivity index (χ3n) is 3.88. The first-order valence-corrected chi connectivity index (χ1v) is 7.26. The van der Waals surface area contributed by atoms with Gasteiger partial charge in [-0.25, -0.2) is 0 Å². The Bertz CT molecular complexity index is 555. The van der Waals surface area contributed by atoms with Gasteiger partial charge in [0.15, 0.2) is 0 Å². The molecule has 3 nitrogen and oxygen atoms in total. The second kappa shape index (κ2) is 4.23. The van der Waals surface area contributed by atoms with E-state index in [1.165, 1.54) is 0 Å². The quantitative estimate of drug-likeness (QED) is 0.789. The first kappa shape index (κ1) is 13.0. The number of hydrogen-bond acceptors (Lipinski definition) is 4. The van der Waals surface area contributed by atoms with Crippen LogP contribution >= 0.6 is 11.3 Å². The molecule has 0 unspecified atom stereocenters. The van der Waals surface area contributed by atoms with E-state index in [1.54, 1.807) is 11.3 Å². The van der Waals surface area contributed by atoms with Gasteiger partial charge in [-0.2, -0.15) is 0 Å². The molecule has 2 aromatic heterocycles. The Balaban J connectivity index is 1.85. The lowest BCUT2D eigenvalue weighted by Crippen LogP contribution is -2.41. The Kier molecular flexibility index (Phi) is 2.89. The summed E-state index contributed by atoms with van der Waals surface area (Å²) in [7, 11) is -0.432. The molecule has 1 aliphatic rings. The summed E-state index contributed by atoms with van der Waals surface area (Å²) in [5, 5.41) is 2.03. The lowest BCUT2D eigenvalue weighted by molar-refractivity contribution is 0.00578. The zero-order valence-corrected chi connectivity index (χ0v) is 12.4. The minimum absolute atomic E-state index is 0.340. The molecule has 0 amide bonds. The molecule has 0 N–H and O–H groups in total. The van der Waals surface area contributed by atoms with E-state index < -0.39 is 7.12 Å². The van der Waals surface area contributed by atoms with Gasteiger partial charge in [0, 0.05) is 0 Å². The van der Waals surface area contributed by atoms with Crippen LogP contribution in [0, 0.1) is 0 Å². The molecule has 1 saturated heterocycles. The van der Waals surface area contributed by atoms with Crippen molar-refractivity contribution < 1.29 is 13.7 Å². The van der Waals surface area contributed by atoms with Crippen LogP contribution in [0.3, 0.4) is 0 Å². The van der Waals surface area contributed by atoms with Crippen molar-refractivity contribution >= 4 is 24.1 Å². The highest BCUT2D eigenvalue weighted by Gasteiger charge is 2.53. The van der Waals surface area contributed by atoms with Crippen LogP contribution in [0.4, 0.5) is 0 Å². The van der Waals surface area contributed by atoms with E-state index in [-0.39, 0.29) is 11.2 Å². The zero-order valence-electron chi connectivity index (χ0n) is 11.6. The molecule has 19 heavy (non-hydrogen) atoms. The van der Waals surface area contributed by atoms with Gasteiger partial charge in [0.25, 0.3) is 0 Å². The molecular weight excluding hydrogens is 259 g/mol. The lowest BCUT2D eigenvalue weighted by Gasteiger charge is -2.32. The van der Waals surface area contributed by atoms with E-state index in [1.807, 2.05) is 57.3 Å². The van der Waals surface area contributed by atoms with Gasteiger partial charge in [-0.3, -0.25) is 0 Å². The highest BCUT2D eigenvalue weighted by molar-refractivity contribution is 7.13. The molecule has 100 valence electrons. The van der Waals surface area contributed by atoms with Crippen LogP contribution in [0.5, 0.6) is 0 Å². The maximum Gasteiger partial charge on any atom is 0.532 e. The van der Waals surface area contributed by atoms with Crippen LogP contribution in [-0.4, -0.2) is 18.3 Å². The van der Waals surface area contributed by atoms with E-state index in [9.17, 15) is 0 Å². The monoisotopic (exact) mass is 276 g/mol. The van der Waals surface area contributed by atoms with Crippen molar-refractivity contribution in [1.82, 2.24) is 0 Å². The SMILES string of the molecule is CC1(C)OB(c2ccc(-c3cccs3)o2)OC1(C)C. The molecule has 0 radical (unpaired) electrons. The molecule has 3 heterocycles. The Labute approximate surface area is 117 Å². The van der Waals surface area contributed by atoms with Gasteiger partial charge in [-0.15, -0.1) is 11.3 Å². The summed E-state index contributed by atoms with van der Waals surface area (Å²) in [4.78, 5) is 1.11.